The molecule has 3 N–H and O–H groups in total. The van der Waals surface area contributed by atoms with E-state index in [2.05, 4.69) is 10.6 Å². The van der Waals surface area contributed by atoms with Crippen LogP contribution in [0.5, 0.6) is 0 Å². The minimum Gasteiger partial charge on any atom is -0.355 e. The van der Waals surface area contributed by atoms with E-state index in [-0.39, 0.29) is 24.7 Å². The molecule has 0 bridgehead atoms. The number of hydrogen-bond donors (Lipinski definition) is 3. The predicted octanol–water partition coefficient (Wildman–Crippen LogP) is 1.55. The van der Waals surface area contributed by atoms with E-state index in [0.717, 1.165) is 12.1 Å². The van der Waals surface area contributed by atoms with Crippen LogP contribution < -0.4 is 16.0 Å². The van der Waals surface area contributed by atoms with Crippen molar-refractivity contribution >= 4 is 35.0 Å². The molecule has 0 unspecified atom stereocenters. The van der Waals surface area contributed by atoms with Gasteiger partial charge in [0.1, 0.15) is 0 Å². The van der Waals surface area contributed by atoms with Crippen LogP contribution in [0.1, 0.15) is 12.5 Å². The minimum absolute atomic E-state index is 0.000250. The van der Waals surface area contributed by atoms with E-state index in [1.54, 1.807) is 0 Å². The van der Waals surface area contributed by atoms with E-state index in [1.807, 2.05) is 5.32 Å². The average Bonchev–Trinajstić information content (AvgIpc) is 2.43. The van der Waals surface area contributed by atoms with Crippen molar-refractivity contribution in [3.8, 4) is 0 Å². The van der Waals surface area contributed by atoms with E-state index >= 15 is 0 Å². The molecule has 10 heteroatoms. The zero-order valence-electron chi connectivity index (χ0n) is 11.9. The maximum atomic E-state index is 12.7. The third-order valence-corrected chi connectivity index (χ3v) is 2.85. The lowest BCUT2D eigenvalue weighted by Gasteiger charge is -2.11. The first-order chi connectivity index (χ1) is 10.6. The van der Waals surface area contributed by atoms with Crippen LogP contribution in [0.2, 0.25) is 5.02 Å². The molecular weight excluding hydrogens is 339 g/mol. The number of benzene rings is 1. The Morgan fingerprint density at radius 1 is 1.09 bits per heavy atom. The summed E-state index contributed by atoms with van der Waals surface area (Å²) in [6.07, 6.45) is -4.68. The first kappa shape index (κ1) is 18.8. The number of rotatable bonds is 4. The van der Waals surface area contributed by atoms with Crippen molar-refractivity contribution in [2.75, 3.05) is 18.4 Å². The SMILES string of the molecule is CC(=O)NCCNC(=O)C(=O)Nc1ccc(Cl)c(C(F)(F)F)c1. The molecule has 1 aromatic rings. The van der Waals surface area contributed by atoms with Gasteiger partial charge in [0.15, 0.2) is 0 Å². The molecular formula is C13H13ClF3N3O3. The van der Waals surface area contributed by atoms with Gasteiger partial charge in [0, 0.05) is 25.7 Å². The highest BCUT2D eigenvalue weighted by Gasteiger charge is 2.33. The Labute approximate surface area is 134 Å². The molecule has 0 radical (unpaired) electrons. The Balaban J connectivity index is 2.63. The highest BCUT2D eigenvalue weighted by molar-refractivity contribution is 6.39. The number of amides is 3. The molecule has 0 atom stereocenters. The summed E-state index contributed by atoms with van der Waals surface area (Å²) in [6.45, 7) is 1.40. The first-order valence-corrected chi connectivity index (χ1v) is 6.69. The third kappa shape index (κ3) is 6.15. The number of carbonyl (C=O) groups excluding carboxylic acids is 3. The fourth-order valence-corrected chi connectivity index (χ4v) is 1.73. The summed E-state index contributed by atoms with van der Waals surface area (Å²) in [4.78, 5) is 33.6. The molecule has 126 valence electrons. The second-order valence-electron chi connectivity index (χ2n) is 4.39. The molecule has 1 rings (SSSR count). The van der Waals surface area contributed by atoms with Crippen LogP contribution in [0.15, 0.2) is 18.2 Å². The van der Waals surface area contributed by atoms with E-state index < -0.39 is 28.6 Å². The number of halogens is 4. The molecule has 23 heavy (non-hydrogen) atoms. The van der Waals surface area contributed by atoms with Crippen molar-refractivity contribution in [1.29, 1.82) is 0 Å². The molecule has 6 nitrogen and oxygen atoms in total. The van der Waals surface area contributed by atoms with Gasteiger partial charge in [-0.25, -0.2) is 0 Å². The second-order valence-corrected chi connectivity index (χ2v) is 4.79. The largest absolute Gasteiger partial charge is 0.417 e. The molecule has 0 aliphatic heterocycles. The Hall–Kier alpha value is -2.29. The van der Waals surface area contributed by atoms with Gasteiger partial charge in [-0.05, 0) is 18.2 Å². The number of carbonyl (C=O) groups is 3. The standard InChI is InChI=1S/C13H13ClF3N3O3/c1-7(21)18-4-5-19-11(22)12(23)20-8-2-3-10(14)9(6-8)13(15,16)17/h2-3,6H,4-5H2,1H3,(H,18,21)(H,19,22)(H,20,23). The molecule has 0 aliphatic carbocycles. The van der Waals surface area contributed by atoms with Crippen LogP contribution in [-0.4, -0.2) is 30.8 Å². The van der Waals surface area contributed by atoms with E-state index in [1.165, 1.54) is 6.92 Å². The van der Waals surface area contributed by atoms with Crippen LogP contribution in [-0.2, 0) is 20.6 Å². The highest BCUT2D eigenvalue weighted by Crippen LogP contribution is 2.36. The number of hydrogen-bond acceptors (Lipinski definition) is 3. The van der Waals surface area contributed by atoms with Gasteiger partial charge < -0.3 is 16.0 Å². The Bertz CT molecular complexity index is 620. The summed E-state index contributed by atoms with van der Waals surface area (Å²) in [5.41, 5.74) is -1.34. The summed E-state index contributed by atoms with van der Waals surface area (Å²) in [5, 5.41) is 6.11. The van der Waals surface area contributed by atoms with Crippen LogP contribution in [0.4, 0.5) is 18.9 Å². The summed E-state index contributed by atoms with van der Waals surface area (Å²) < 4.78 is 38.1. The van der Waals surface area contributed by atoms with Crippen molar-refractivity contribution < 1.29 is 27.6 Å². The smallest absolute Gasteiger partial charge is 0.355 e. The van der Waals surface area contributed by atoms with Crippen LogP contribution >= 0.6 is 11.6 Å². The number of alkyl halides is 3. The molecule has 0 fully saturated rings. The molecule has 0 heterocycles. The normalized spacial score (nSPS) is 10.8. The minimum atomic E-state index is -4.68. The monoisotopic (exact) mass is 351 g/mol. The first-order valence-electron chi connectivity index (χ1n) is 6.31. The fraction of sp³-hybridized carbons (Fsp3) is 0.308. The molecule has 0 aliphatic rings. The van der Waals surface area contributed by atoms with Crippen molar-refractivity contribution in [2.45, 2.75) is 13.1 Å². The summed E-state index contributed by atoms with van der Waals surface area (Å²) in [7, 11) is 0. The van der Waals surface area contributed by atoms with E-state index in [9.17, 15) is 27.6 Å². The highest BCUT2D eigenvalue weighted by atomic mass is 35.5. The van der Waals surface area contributed by atoms with Crippen molar-refractivity contribution in [1.82, 2.24) is 10.6 Å². The molecule has 0 saturated heterocycles. The van der Waals surface area contributed by atoms with Gasteiger partial charge in [-0.1, -0.05) is 11.6 Å². The summed E-state index contributed by atoms with van der Waals surface area (Å²) in [5.74, 6) is -2.48. The topological polar surface area (TPSA) is 87.3 Å². The van der Waals surface area contributed by atoms with Gasteiger partial charge in [-0.3, -0.25) is 14.4 Å². The molecule has 0 spiro atoms. The van der Waals surface area contributed by atoms with Crippen molar-refractivity contribution in [3.05, 3.63) is 28.8 Å². The van der Waals surface area contributed by atoms with Gasteiger partial charge in [0.25, 0.3) is 0 Å². The van der Waals surface area contributed by atoms with E-state index in [4.69, 9.17) is 11.6 Å². The summed E-state index contributed by atoms with van der Waals surface area (Å²) >= 11 is 5.44. The maximum Gasteiger partial charge on any atom is 0.417 e. The van der Waals surface area contributed by atoms with Gasteiger partial charge in [-0.15, -0.1) is 0 Å². The lowest BCUT2D eigenvalue weighted by atomic mass is 10.2. The molecule has 0 aromatic heterocycles. The van der Waals surface area contributed by atoms with Crippen molar-refractivity contribution in [2.24, 2.45) is 0 Å². The van der Waals surface area contributed by atoms with Gasteiger partial charge in [0.2, 0.25) is 5.91 Å². The van der Waals surface area contributed by atoms with Crippen LogP contribution in [0.25, 0.3) is 0 Å². The second kappa shape index (κ2) is 7.82. The van der Waals surface area contributed by atoms with Gasteiger partial charge in [-0.2, -0.15) is 13.2 Å². The fourth-order valence-electron chi connectivity index (χ4n) is 1.50. The Kier molecular flexibility index (Phi) is 6.38. The lowest BCUT2D eigenvalue weighted by Crippen LogP contribution is -2.39. The van der Waals surface area contributed by atoms with E-state index in [0.29, 0.717) is 6.07 Å². The lowest BCUT2D eigenvalue weighted by molar-refractivity contribution is -0.137. The van der Waals surface area contributed by atoms with Crippen LogP contribution in [0, 0.1) is 0 Å². The molecule has 1 aromatic carbocycles. The number of nitrogens with one attached hydrogen (secondary N) is 3. The van der Waals surface area contributed by atoms with Crippen molar-refractivity contribution in [3.63, 3.8) is 0 Å². The third-order valence-electron chi connectivity index (χ3n) is 2.52. The van der Waals surface area contributed by atoms with Gasteiger partial charge >= 0.3 is 18.0 Å². The maximum absolute atomic E-state index is 12.7. The van der Waals surface area contributed by atoms with Crippen LogP contribution in [0.3, 0.4) is 0 Å². The predicted molar refractivity (Wildman–Crippen MR) is 76.8 cm³/mol. The summed E-state index contributed by atoms with van der Waals surface area (Å²) in [6, 6.07) is 2.74. The zero-order chi connectivity index (χ0) is 17.6. The molecule has 0 saturated carbocycles. The van der Waals surface area contributed by atoms with Gasteiger partial charge in [0.05, 0.1) is 10.6 Å². The zero-order valence-corrected chi connectivity index (χ0v) is 12.6. The Morgan fingerprint density at radius 2 is 1.70 bits per heavy atom. The average molecular weight is 352 g/mol. The number of anilines is 1. The quantitative estimate of drug-likeness (QED) is 0.568. The molecule has 3 amide bonds. The Morgan fingerprint density at radius 3 is 2.26 bits per heavy atom.